The summed E-state index contributed by atoms with van der Waals surface area (Å²) in [7, 11) is -1.73. The van der Waals surface area contributed by atoms with E-state index in [0.29, 0.717) is 4.34 Å². The van der Waals surface area contributed by atoms with Gasteiger partial charge in [0.05, 0.1) is 10.5 Å². The molecule has 0 aliphatic rings. The van der Waals surface area contributed by atoms with Crippen LogP contribution in [0.3, 0.4) is 0 Å². The number of rotatable bonds is 4. The molecule has 104 valence electrons. The second kappa shape index (κ2) is 5.24. The van der Waals surface area contributed by atoms with Crippen molar-refractivity contribution in [2.45, 2.75) is 24.1 Å². The Hall–Kier alpha value is -0.890. The molecule has 0 aromatic carbocycles. The molecule has 0 aliphatic carbocycles. The van der Waals surface area contributed by atoms with Gasteiger partial charge in [0, 0.05) is 24.3 Å². The molecule has 1 N–H and O–H groups in total. The summed E-state index contributed by atoms with van der Waals surface area (Å²) in [5, 5.41) is 4.11. The van der Waals surface area contributed by atoms with E-state index in [0.717, 1.165) is 22.6 Å². The van der Waals surface area contributed by atoms with Crippen molar-refractivity contribution >= 4 is 33.0 Å². The lowest BCUT2D eigenvalue weighted by Gasteiger charge is -2.13. The molecule has 1 atom stereocenters. The van der Waals surface area contributed by atoms with Gasteiger partial charge in [-0.25, -0.2) is 13.1 Å². The van der Waals surface area contributed by atoms with Crippen molar-refractivity contribution in [2.24, 2.45) is 7.05 Å². The van der Waals surface area contributed by atoms with Crippen molar-refractivity contribution in [3.8, 4) is 0 Å². The molecule has 0 saturated carbocycles. The van der Waals surface area contributed by atoms with Gasteiger partial charge in [-0.15, -0.1) is 11.3 Å². The number of thiophene rings is 1. The lowest BCUT2D eigenvalue weighted by atomic mass is 10.1. The Morgan fingerprint density at radius 1 is 1.47 bits per heavy atom. The molecule has 5 nitrogen and oxygen atoms in total. The summed E-state index contributed by atoms with van der Waals surface area (Å²) >= 11 is 6.80. The maximum Gasteiger partial charge on any atom is 0.250 e. The van der Waals surface area contributed by atoms with E-state index < -0.39 is 10.0 Å². The third-order valence-corrected chi connectivity index (χ3v) is 6.15. The molecule has 0 amide bonds. The van der Waals surface area contributed by atoms with Crippen LogP contribution in [0.2, 0.25) is 4.34 Å². The van der Waals surface area contributed by atoms with Crippen LogP contribution in [-0.2, 0) is 17.1 Å². The van der Waals surface area contributed by atoms with Crippen LogP contribution in [0.4, 0.5) is 0 Å². The zero-order chi connectivity index (χ0) is 14.2. The number of halogens is 1. The van der Waals surface area contributed by atoms with Crippen LogP contribution >= 0.6 is 22.9 Å². The number of sulfonamides is 1. The third-order valence-electron chi connectivity index (χ3n) is 2.89. The minimum absolute atomic E-state index is 0.214. The van der Waals surface area contributed by atoms with Gasteiger partial charge in [-0.05, 0) is 26.0 Å². The van der Waals surface area contributed by atoms with Gasteiger partial charge in [0.2, 0.25) is 0 Å². The molecule has 2 rings (SSSR count). The van der Waals surface area contributed by atoms with Gasteiger partial charge in [-0.1, -0.05) is 11.6 Å². The van der Waals surface area contributed by atoms with E-state index in [1.165, 1.54) is 6.07 Å². The molecule has 0 aliphatic heterocycles. The highest BCUT2D eigenvalue weighted by molar-refractivity contribution is 7.91. The first-order valence-corrected chi connectivity index (χ1v) is 8.25. The van der Waals surface area contributed by atoms with Gasteiger partial charge < -0.3 is 0 Å². The fourth-order valence-electron chi connectivity index (χ4n) is 1.74. The molecule has 0 saturated heterocycles. The van der Waals surface area contributed by atoms with E-state index in [1.807, 2.05) is 14.0 Å². The van der Waals surface area contributed by atoms with Gasteiger partial charge in [-0.2, -0.15) is 5.10 Å². The summed E-state index contributed by atoms with van der Waals surface area (Å²) in [4.78, 5) is 0. The Morgan fingerprint density at radius 2 is 2.16 bits per heavy atom. The maximum atomic E-state index is 12.2. The van der Waals surface area contributed by atoms with Crippen molar-refractivity contribution in [1.82, 2.24) is 14.5 Å². The summed E-state index contributed by atoms with van der Waals surface area (Å²) in [5.41, 5.74) is 1.79. The van der Waals surface area contributed by atoms with E-state index in [-0.39, 0.29) is 10.3 Å². The van der Waals surface area contributed by atoms with E-state index in [9.17, 15) is 8.42 Å². The van der Waals surface area contributed by atoms with Gasteiger partial charge in [0.15, 0.2) is 0 Å². The zero-order valence-electron chi connectivity index (χ0n) is 10.7. The first-order chi connectivity index (χ1) is 8.81. The van der Waals surface area contributed by atoms with Crippen molar-refractivity contribution in [3.63, 3.8) is 0 Å². The van der Waals surface area contributed by atoms with Crippen LogP contribution < -0.4 is 4.72 Å². The molecule has 0 bridgehead atoms. The van der Waals surface area contributed by atoms with E-state index >= 15 is 0 Å². The van der Waals surface area contributed by atoms with Crippen molar-refractivity contribution in [3.05, 3.63) is 33.9 Å². The molecule has 1 unspecified atom stereocenters. The summed E-state index contributed by atoms with van der Waals surface area (Å²) in [6, 6.07) is 2.72. The SMILES string of the molecule is Cc1c(C(C)NS(=O)(=O)c2ccc(Cl)s2)cnn1C. The highest BCUT2D eigenvalue weighted by Crippen LogP contribution is 2.27. The molecule has 0 fully saturated rings. The van der Waals surface area contributed by atoms with Crippen molar-refractivity contribution in [1.29, 1.82) is 0 Å². The predicted octanol–water partition coefficient (Wildman–Crippen LogP) is 2.48. The van der Waals surface area contributed by atoms with E-state index in [2.05, 4.69) is 9.82 Å². The number of hydrogen-bond donors (Lipinski definition) is 1. The lowest BCUT2D eigenvalue weighted by Crippen LogP contribution is -2.26. The van der Waals surface area contributed by atoms with Crippen LogP contribution in [0, 0.1) is 6.92 Å². The fraction of sp³-hybridized carbons (Fsp3) is 0.364. The highest BCUT2D eigenvalue weighted by Gasteiger charge is 2.22. The Kier molecular flexibility index (Phi) is 4.00. The smallest absolute Gasteiger partial charge is 0.250 e. The Morgan fingerprint density at radius 3 is 2.63 bits per heavy atom. The Bertz CT molecular complexity index is 691. The number of nitrogens with one attached hydrogen (secondary N) is 1. The first-order valence-electron chi connectivity index (χ1n) is 5.57. The summed E-state index contributed by atoms with van der Waals surface area (Å²) in [6.45, 7) is 3.69. The quantitative estimate of drug-likeness (QED) is 0.941. The number of aryl methyl sites for hydroxylation is 1. The van der Waals surface area contributed by atoms with Crippen LogP contribution in [0.1, 0.15) is 24.2 Å². The summed E-state index contributed by atoms with van der Waals surface area (Å²) in [6.07, 6.45) is 1.67. The molecular weight excluding hydrogens is 306 g/mol. The highest BCUT2D eigenvalue weighted by atomic mass is 35.5. The second-order valence-corrected chi connectivity index (χ2v) is 7.87. The normalized spacial score (nSPS) is 13.7. The molecule has 2 heterocycles. The number of nitrogens with zero attached hydrogens (tertiary/aromatic N) is 2. The van der Waals surface area contributed by atoms with Gasteiger partial charge >= 0.3 is 0 Å². The molecular formula is C11H14ClN3O2S2. The number of hydrogen-bond acceptors (Lipinski definition) is 4. The summed E-state index contributed by atoms with van der Waals surface area (Å²) in [5.74, 6) is 0. The van der Waals surface area contributed by atoms with Crippen LogP contribution in [-0.4, -0.2) is 18.2 Å². The van der Waals surface area contributed by atoms with Crippen LogP contribution in [0.25, 0.3) is 0 Å². The minimum atomic E-state index is -3.55. The van der Waals surface area contributed by atoms with Gasteiger partial charge in [-0.3, -0.25) is 4.68 Å². The standard InChI is InChI=1S/C11H14ClN3O2S2/c1-7(9-6-13-15(3)8(9)2)14-19(16,17)11-5-4-10(12)18-11/h4-7,14H,1-3H3. The van der Waals surface area contributed by atoms with Gasteiger partial charge in [0.1, 0.15) is 4.21 Å². The van der Waals surface area contributed by atoms with Crippen molar-refractivity contribution < 1.29 is 8.42 Å². The van der Waals surface area contributed by atoms with Gasteiger partial charge in [0.25, 0.3) is 10.0 Å². The van der Waals surface area contributed by atoms with E-state index in [1.54, 1.807) is 23.9 Å². The third kappa shape index (κ3) is 3.00. The topological polar surface area (TPSA) is 64.0 Å². The average Bonchev–Trinajstić information content (AvgIpc) is 2.87. The average molecular weight is 320 g/mol. The van der Waals surface area contributed by atoms with E-state index in [4.69, 9.17) is 11.6 Å². The maximum absolute atomic E-state index is 12.2. The second-order valence-electron chi connectivity index (χ2n) is 4.21. The molecule has 2 aromatic rings. The minimum Gasteiger partial charge on any atom is -0.273 e. The zero-order valence-corrected chi connectivity index (χ0v) is 13.1. The van der Waals surface area contributed by atoms with Crippen LogP contribution in [0.15, 0.2) is 22.5 Å². The Labute approximate surface area is 121 Å². The molecule has 2 aromatic heterocycles. The largest absolute Gasteiger partial charge is 0.273 e. The summed E-state index contributed by atoms with van der Waals surface area (Å²) < 4.78 is 29.3. The number of aromatic nitrogens is 2. The lowest BCUT2D eigenvalue weighted by molar-refractivity contribution is 0.568. The predicted molar refractivity (Wildman–Crippen MR) is 76.0 cm³/mol. The molecule has 19 heavy (non-hydrogen) atoms. The van der Waals surface area contributed by atoms with Crippen molar-refractivity contribution in [2.75, 3.05) is 0 Å². The molecule has 0 radical (unpaired) electrons. The Balaban J connectivity index is 2.23. The molecule has 8 heteroatoms. The molecule has 0 spiro atoms. The first kappa shape index (κ1) is 14.5. The monoisotopic (exact) mass is 319 g/mol. The van der Waals surface area contributed by atoms with Crippen LogP contribution in [0.5, 0.6) is 0 Å². The fourth-order valence-corrected chi connectivity index (χ4v) is 4.46.